The fraction of sp³-hybridized carbons (Fsp3) is 0.133. The second kappa shape index (κ2) is 5.13. The molecule has 0 aliphatic rings. The Bertz CT molecular complexity index is 749. The number of imidazole rings is 1. The summed E-state index contributed by atoms with van der Waals surface area (Å²) in [4.78, 5) is 20.3. The molecule has 5 heteroatoms. The van der Waals surface area contributed by atoms with Crippen LogP contribution in [0.3, 0.4) is 0 Å². The number of rotatable bonds is 3. The first-order valence-electron chi connectivity index (χ1n) is 6.35. The molecule has 1 N–H and O–H groups in total. The number of carbonyl (C=O) groups excluding carboxylic acids is 1. The predicted octanol–water partition coefficient (Wildman–Crippen LogP) is 2.22. The number of aryl methyl sites for hydroxylation is 1. The fourth-order valence-electron chi connectivity index (χ4n) is 2.03. The molecule has 0 aromatic carbocycles. The van der Waals surface area contributed by atoms with Crippen molar-refractivity contribution < 1.29 is 4.79 Å². The Labute approximate surface area is 116 Å². The highest BCUT2D eigenvalue weighted by Gasteiger charge is 2.08. The molecular weight excluding hydrogens is 252 g/mol. The molecule has 0 atom stereocenters. The quantitative estimate of drug-likeness (QED) is 0.790. The van der Waals surface area contributed by atoms with Gasteiger partial charge >= 0.3 is 0 Å². The smallest absolute Gasteiger partial charge is 0.230 e. The standard InChI is InChI=1S/C15H14N4O/c1-11-4-6-19-10-13(17-14(19)7-11)8-15(20)18-12-3-2-5-16-9-12/h2-7,9-10H,8H2,1H3,(H,18,20). The first-order chi connectivity index (χ1) is 9.70. The maximum Gasteiger partial charge on any atom is 0.230 e. The molecule has 5 nitrogen and oxygen atoms in total. The van der Waals surface area contributed by atoms with Crippen LogP contribution < -0.4 is 5.32 Å². The van der Waals surface area contributed by atoms with Gasteiger partial charge in [-0.3, -0.25) is 9.78 Å². The van der Waals surface area contributed by atoms with Crippen molar-refractivity contribution in [3.05, 3.63) is 60.3 Å². The molecule has 0 fully saturated rings. The van der Waals surface area contributed by atoms with Crippen LogP contribution >= 0.6 is 0 Å². The van der Waals surface area contributed by atoms with Gasteiger partial charge in [0, 0.05) is 18.6 Å². The summed E-state index contributed by atoms with van der Waals surface area (Å²) in [6.07, 6.45) is 7.35. The number of hydrogen-bond donors (Lipinski definition) is 1. The second-order valence-electron chi connectivity index (χ2n) is 4.67. The van der Waals surface area contributed by atoms with Crippen molar-refractivity contribution in [2.75, 3.05) is 5.32 Å². The molecule has 0 saturated heterocycles. The van der Waals surface area contributed by atoms with Crippen LogP contribution in [0.2, 0.25) is 0 Å². The number of nitrogens with one attached hydrogen (secondary N) is 1. The van der Waals surface area contributed by atoms with E-state index in [9.17, 15) is 4.79 Å². The van der Waals surface area contributed by atoms with Crippen molar-refractivity contribution in [3.63, 3.8) is 0 Å². The fourth-order valence-corrected chi connectivity index (χ4v) is 2.03. The van der Waals surface area contributed by atoms with Gasteiger partial charge in [0.05, 0.1) is 24.0 Å². The number of fused-ring (bicyclic) bond motifs is 1. The maximum absolute atomic E-state index is 11.9. The first-order valence-corrected chi connectivity index (χ1v) is 6.35. The van der Waals surface area contributed by atoms with Gasteiger partial charge in [0.25, 0.3) is 0 Å². The van der Waals surface area contributed by atoms with Crippen molar-refractivity contribution in [1.29, 1.82) is 0 Å². The lowest BCUT2D eigenvalue weighted by atomic mass is 10.3. The highest BCUT2D eigenvalue weighted by Crippen LogP contribution is 2.09. The first kappa shape index (κ1) is 12.3. The van der Waals surface area contributed by atoms with Gasteiger partial charge in [0.1, 0.15) is 5.65 Å². The Morgan fingerprint density at radius 2 is 2.30 bits per heavy atom. The molecule has 20 heavy (non-hydrogen) atoms. The van der Waals surface area contributed by atoms with Gasteiger partial charge in [0.15, 0.2) is 0 Å². The Morgan fingerprint density at radius 3 is 3.10 bits per heavy atom. The third-order valence-corrected chi connectivity index (χ3v) is 2.95. The van der Waals surface area contributed by atoms with Crippen LogP contribution in [0.5, 0.6) is 0 Å². The average Bonchev–Trinajstić information content (AvgIpc) is 2.80. The molecule has 0 bridgehead atoms. The summed E-state index contributed by atoms with van der Waals surface area (Å²) < 4.78 is 1.92. The molecule has 3 heterocycles. The van der Waals surface area contributed by atoms with Crippen LogP contribution in [0.15, 0.2) is 49.1 Å². The number of carbonyl (C=O) groups is 1. The van der Waals surface area contributed by atoms with Gasteiger partial charge in [-0.25, -0.2) is 4.98 Å². The van der Waals surface area contributed by atoms with Crippen molar-refractivity contribution in [1.82, 2.24) is 14.4 Å². The number of nitrogens with zero attached hydrogens (tertiary/aromatic N) is 3. The molecule has 0 spiro atoms. The maximum atomic E-state index is 11.9. The molecule has 3 aromatic heterocycles. The molecule has 0 aliphatic heterocycles. The van der Waals surface area contributed by atoms with E-state index in [0.717, 1.165) is 16.9 Å². The molecule has 1 amide bonds. The van der Waals surface area contributed by atoms with Gasteiger partial charge in [-0.05, 0) is 36.8 Å². The summed E-state index contributed by atoms with van der Waals surface area (Å²) in [5.74, 6) is -0.0990. The molecule has 3 aromatic rings. The minimum Gasteiger partial charge on any atom is -0.324 e. The highest BCUT2D eigenvalue weighted by atomic mass is 16.1. The van der Waals surface area contributed by atoms with Crippen LogP contribution in [-0.4, -0.2) is 20.3 Å². The number of hydrogen-bond acceptors (Lipinski definition) is 3. The normalized spacial score (nSPS) is 10.7. The summed E-state index contributed by atoms with van der Waals surface area (Å²) >= 11 is 0. The van der Waals surface area contributed by atoms with Gasteiger partial charge in [-0.15, -0.1) is 0 Å². The van der Waals surface area contributed by atoms with Gasteiger partial charge in [0.2, 0.25) is 5.91 Å². The van der Waals surface area contributed by atoms with Crippen molar-refractivity contribution in [2.24, 2.45) is 0 Å². The monoisotopic (exact) mass is 266 g/mol. The molecule has 100 valence electrons. The molecule has 0 saturated carbocycles. The number of pyridine rings is 2. The van der Waals surface area contributed by atoms with E-state index in [1.165, 1.54) is 0 Å². The van der Waals surface area contributed by atoms with Gasteiger partial charge in [-0.1, -0.05) is 0 Å². The SMILES string of the molecule is Cc1ccn2cc(CC(=O)Nc3cccnc3)nc2c1. The molecule has 0 unspecified atom stereocenters. The van der Waals surface area contributed by atoms with E-state index in [1.54, 1.807) is 24.5 Å². The highest BCUT2D eigenvalue weighted by molar-refractivity contribution is 5.91. The van der Waals surface area contributed by atoms with E-state index < -0.39 is 0 Å². The van der Waals surface area contributed by atoms with Gasteiger partial charge < -0.3 is 9.72 Å². The third kappa shape index (κ3) is 2.66. The van der Waals surface area contributed by atoms with E-state index in [-0.39, 0.29) is 12.3 Å². The van der Waals surface area contributed by atoms with Crippen molar-refractivity contribution in [3.8, 4) is 0 Å². The molecule has 0 radical (unpaired) electrons. The Balaban J connectivity index is 1.74. The zero-order valence-corrected chi connectivity index (χ0v) is 11.1. The number of amides is 1. The summed E-state index contributed by atoms with van der Waals surface area (Å²) in [6.45, 7) is 2.02. The van der Waals surface area contributed by atoms with Crippen molar-refractivity contribution in [2.45, 2.75) is 13.3 Å². The average molecular weight is 266 g/mol. The summed E-state index contributed by atoms with van der Waals surface area (Å²) in [7, 11) is 0. The van der Waals surface area contributed by atoms with Crippen molar-refractivity contribution >= 4 is 17.2 Å². The van der Waals surface area contributed by atoms with Crippen LogP contribution in [0.25, 0.3) is 5.65 Å². The van der Waals surface area contributed by atoms with Crippen LogP contribution in [0, 0.1) is 6.92 Å². The minimum atomic E-state index is -0.0990. The largest absolute Gasteiger partial charge is 0.324 e. The Hall–Kier alpha value is -2.69. The summed E-state index contributed by atoms with van der Waals surface area (Å²) in [5, 5.41) is 2.80. The topological polar surface area (TPSA) is 59.3 Å². The zero-order valence-electron chi connectivity index (χ0n) is 11.1. The number of aromatic nitrogens is 3. The van der Waals surface area contributed by atoms with Crippen LogP contribution in [-0.2, 0) is 11.2 Å². The Kier molecular flexibility index (Phi) is 3.16. The summed E-state index contributed by atoms with van der Waals surface area (Å²) in [6, 6.07) is 7.58. The number of anilines is 1. The lowest BCUT2D eigenvalue weighted by Crippen LogP contribution is -2.14. The predicted molar refractivity (Wildman–Crippen MR) is 76.5 cm³/mol. The molecule has 3 rings (SSSR count). The third-order valence-electron chi connectivity index (χ3n) is 2.95. The van der Waals surface area contributed by atoms with E-state index in [0.29, 0.717) is 5.69 Å². The zero-order chi connectivity index (χ0) is 13.9. The van der Waals surface area contributed by atoms with E-state index in [2.05, 4.69) is 15.3 Å². The molecular formula is C15H14N4O. The van der Waals surface area contributed by atoms with E-state index in [4.69, 9.17) is 0 Å². The summed E-state index contributed by atoms with van der Waals surface area (Å²) in [5.41, 5.74) is 3.44. The van der Waals surface area contributed by atoms with Crippen LogP contribution in [0.1, 0.15) is 11.3 Å². The lowest BCUT2D eigenvalue weighted by Gasteiger charge is -2.02. The molecule has 0 aliphatic carbocycles. The van der Waals surface area contributed by atoms with E-state index in [1.807, 2.05) is 35.9 Å². The van der Waals surface area contributed by atoms with E-state index >= 15 is 0 Å². The van der Waals surface area contributed by atoms with Gasteiger partial charge in [-0.2, -0.15) is 0 Å². The Morgan fingerprint density at radius 1 is 1.40 bits per heavy atom. The second-order valence-corrected chi connectivity index (χ2v) is 4.67. The minimum absolute atomic E-state index is 0.0990. The van der Waals surface area contributed by atoms with Crippen LogP contribution in [0.4, 0.5) is 5.69 Å². The lowest BCUT2D eigenvalue weighted by molar-refractivity contribution is -0.115.